The molecule has 0 radical (unpaired) electrons. The SMILES string of the molecule is CCCCN1Nn2c(c3ncnc-3c3cccnc32)N1CC(C)C. The lowest BCUT2D eigenvalue weighted by atomic mass is 10.1. The van der Waals surface area contributed by atoms with Gasteiger partial charge in [-0.15, -0.1) is 5.12 Å². The molecular formula is C17H23N7. The van der Waals surface area contributed by atoms with Crippen molar-refractivity contribution in [3.05, 3.63) is 24.7 Å². The Labute approximate surface area is 141 Å². The highest BCUT2D eigenvalue weighted by molar-refractivity contribution is 5.96. The number of hydrogen-bond donors (Lipinski definition) is 1. The van der Waals surface area contributed by atoms with Gasteiger partial charge in [0.05, 0.1) is 0 Å². The number of fused-ring (bicyclic) bond motifs is 6. The number of aromatic nitrogens is 4. The van der Waals surface area contributed by atoms with Crippen LogP contribution in [0.15, 0.2) is 24.7 Å². The van der Waals surface area contributed by atoms with Gasteiger partial charge in [-0.2, -0.15) is 0 Å². The molecular weight excluding hydrogens is 302 g/mol. The summed E-state index contributed by atoms with van der Waals surface area (Å²) in [5.41, 5.74) is 6.21. The normalized spacial score (nSPS) is 14.8. The first kappa shape index (κ1) is 15.1. The highest BCUT2D eigenvalue weighted by Crippen LogP contribution is 2.39. The van der Waals surface area contributed by atoms with Crippen molar-refractivity contribution in [1.82, 2.24) is 24.7 Å². The van der Waals surface area contributed by atoms with Crippen LogP contribution in [0.4, 0.5) is 5.82 Å². The van der Waals surface area contributed by atoms with Crippen LogP contribution in [0.5, 0.6) is 0 Å². The van der Waals surface area contributed by atoms with Gasteiger partial charge in [-0.1, -0.05) is 27.2 Å². The number of imidazole rings is 1. The maximum Gasteiger partial charge on any atom is 0.175 e. The molecule has 0 saturated carbocycles. The van der Waals surface area contributed by atoms with E-state index in [2.05, 4.69) is 57.5 Å². The maximum atomic E-state index is 4.59. The molecule has 0 bridgehead atoms. The van der Waals surface area contributed by atoms with E-state index in [4.69, 9.17) is 0 Å². The van der Waals surface area contributed by atoms with Crippen molar-refractivity contribution in [2.24, 2.45) is 5.92 Å². The summed E-state index contributed by atoms with van der Waals surface area (Å²) in [6.45, 7) is 8.52. The van der Waals surface area contributed by atoms with Gasteiger partial charge < -0.3 is 0 Å². The van der Waals surface area contributed by atoms with Gasteiger partial charge in [-0.25, -0.2) is 25.2 Å². The van der Waals surface area contributed by atoms with Crippen LogP contribution in [0, 0.1) is 5.92 Å². The lowest BCUT2D eigenvalue weighted by molar-refractivity contribution is 0.285. The number of unbranched alkanes of at least 4 members (excludes halogenated alkanes) is 1. The molecule has 0 aromatic carbocycles. The van der Waals surface area contributed by atoms with Crippen LogP contribution >= 0.6 is 0 Å². The fourth-order valence-corrected chi connectivity index (χ4v) is 3.22. The van der Waals surface area contributed by atoms with Gasteiger partial charge in [-0.3, -0.25) is 5.01 Å². The van der Waals surface area contributed by atoms with E-state index in [9.17, 15) is 0 Å². The van der Waals surface area contributed by atoms with Gasteiger partial charge in [0.2, 0.25) is 0 Å². The van der Waals surface area contributed by atoms with Crippen LogP contribution in [-0.2, 0) is 0 Å². The van der Waals surface area contributed by atoms with E-state index >= 15 is 0 Å². The van der Waals surface area contributed by atoms with Crippen molar-refractivity contribution in [2.75, 3.05) is 23.6 Å². The Morgan fingerprint density at radius 2 is 2.00 bits per heavy atom. The second-order valence-electron chi connectivity index (χ2n) is 6.66. The van der Waals surface area contributed by atoms with Crippen LogP contribution in [0.25, 0.3) is 22.4 Å². The molecule has 0 unspecified atom stereocenters. The van der Waals surface area contributed by atoms with Gasteiger partial charge in [-0.05, 0) is 24.5 Å². The van der Waals surface area contributed by atoms with E-state index in [1.54, 1.807) is 6.33 Å². The Balaban J connectivity index is 1.91. The third kappa shape index (κ3) is 2.27. The standard InChI is InChI=1S/C17H23N7/c1-4-5-9-23-21-24-16-13(7-6-8-18-16)14-15(20-11-19-14)17(24)22(23)10-12(2)3/h6-8,11-12,21H,4-5,9-10H2,1-3H3. The second kappa shape index (κ2) is 5.90. The van der Waals surface area contributed by atoms with Crippen LogP contribution in [0.3, 0.4) is 0 Å². The van der Waals surface area contributed by atoms with Crippen molar-refractivity contribution >= 4 is 16.9 Å². The summed E-state index contributed by atoms with van der Waals surface area (Å²) in [5.74, 6) is 1.55. The third-order valence-corrected chi connectivity index (χ3v) is 4.29. The van der Waals surface area contributed by atoms with Crippen LogP contribution in [0.1, 0.15) is 33.6 Å². The molecule has 0 spiro atoms. The Morgan fingerprint density at radius 1 is 1.17 bits per heavy atom. The Morgan fingerprint density at radius 3 is 2.79 bits per heavy atom. The average Bonchev–Trinajstić information content (AvgIpc) is 3.18. The van der Waals surface area contributed by atoms with E-state index in [0.29, 0.717) is 5.92 Å². The number of pyridine rings is 2. The Hall–Kier alpha value is -2.41. The summed E-state index contributed by atoms with van der Waals surface area (Å²) in [4.78, 5) is 13.6. The molecule has 4 rings (SSSR count). The minimum atomic E-state index is 0.528. The first-order valence-corrected chi connectivity index (χ1v) is 8.62. The largest absolute Gasteiger partial charge is 0.268 e. The quantitative estimate of drug-likeness (QED) is 0.778. The number of nitrogens with zero attached hydrogens (tertiary/aromatic N) is 6. The van der Waals surface area contributed by atoms with Gasteiger partial charge in [0, 0.05) is 24.7 Å². The first-order valence-electron chi connectivity index (χ1n) is 8.62. The minimum Gasteiger partial charge on any atom is -0.268 e. The molecule has 7 heteroatoms. The summed E-state index contributed by atoms with van der Waals surface area (Å²) in [6, 6.07) is 3.99. The third-order valence-electron chi connectivity index (χ3n) is 4.29. The molecule has 24 heavy (non-hydrogen) atoms. The van der Waals surface area contributed by atoms with E-state index < -0.39 is 0 Å². The van der Waals surface area contributed by atoms with E-state index in [-0.39, 0.29) is 0 Å². The summed E-state index contributed by atoms with van der Waals surface area (Å²) in [6.07, 6.45) is 5.73. The molecule has 7 nitrogen and oxygen atoms in total. The number of hydrazine groups is 2. The van der Waals surface area contributed by atoms with Crippen molar-refractivity contribution in [2.45, 2.75) is 33.6 Å². The number of nitrogens with one attached hydrogen (secondary N) is 1. The summed E-state index contributed by atoms with van der Waals surface area (Å²) in [5, 5.41) is 5.48. The Kier molecular flexibility index (Phi) is 3.72. The zero-order valence-corrected chi connectivity index (χ0v) is 14.4. The topological polar surface area (TPSA) is 62.1 Å². The second-order valence-corrected chi connectivity index (χ2v) is 6.66. The van der Waals surface area contributed by atoms with E-state index in [1.165, 1.54) is 0 Å². The van der Waals surface area contributed by atoms with Crippen molar-refractivity contribution < 1.29 is 0 Å². The van der Waals surface area contributed by atoms with Crippen LogP contribution in [0.2, 0.25) is 0 Å². The van der Waals surface area contributed by atoms with Gasteiger partial charge in [0.25, 0.3) is 0 Å². The predicted octanol–water partition coefficient (Wildman–Crippen LogP) is 2.88. The van der Waals surface area contributed by atoms with Crippen molar-refractivity contribution in [3.8, 4) is 11.4 Å². The minimum absolute atomic E-state index is 0.528. The van der Waals surface area contributed by atoms with E-state index in [0.717, 1.165) is 54.2 Å². The molecule has 0 amide bonds. The number of hydrogen-bond acceptors (Lipinski definition) is 6. The molecule has 1 aromatic rings. The average molecular weight is 325 g/mol. The molecule has 126 valence electrons. The Bertz CT molecular complexity index is 825. The summed E-state index contributed by atoms with van der Waals surface area (Å²) < 4.78 is 2.05. The lowest BCUT2D eigenvalue weighted by Crippen LogP contribution is -2.44. The van der Waals surface area contributed by atoms with Gasteiger partial charge in [0.15, 0.2) is 11.5 Å². The molecule has 3 aliphatic rings. The highest BCUT2D eigenvalue weighted by Gasteiger charge is 2.34. The van der Waals surface area contributed by atoms with Crippen LogP contribution in [-0.4, -0.2) is 37.8 Å². The molecule has 1 N–H and O–H groups in total. The number of anilines is 1. The van der Waals surface area contributed by atoms with Gasteiger partial charge >= 0.3 is 0 Å². The molecule has 0 saturated heterocycles. The fourth-order valence-electron chi connectivity index (χ4n) is 3.22. The number of rotatable bonds is 5. The van der Waals surface area contributed by atoms with Gasteiger partial charge in [0.1, 0.15) is 17.7 Å². The predicted molar refractivity (Wildman–Crippen MR) is 95.1 cm³/mol. The smallest absolute Gasteiger partial charge is 0.175 e. The monoisotopic (exact) mass is 325 g/mol. The van der Waals surface area contributed by atoms with Crippen molar-refractivity contribution in [1.29, 1.82) is 0 Å². The first-order chi connectivity index (χ1) is 11.7. The zero-order valence-electron chi connectivity index (χ0n) is 14.4. The van der Waals surface area contributed by atoms with Crippen molar-refractivity contribution in [3.63, 3.8) is 0 Å². The molecule has 0 aliphatic carbocycles. The lowest BCUT2D eigenvalue weighted by Gasteiger charge is -2.29. The molecule has 1 aromatic heterocycles. The molecule has 4 heterocycles. The van der Waals surface area contributed by atoms with Crippen LogP contribution < -0.4 is 10.5 Å². The summed E-state index contributed by atoms with van der Waals surface area (Å²) in [7, 11) is 0. The zero-order chi connectivity index (χ0) is 16.7. The van der Waals surface area contributed by atoms with E-state index in [1.807, 2.05) is 16.9 Å². The molecule has 0 atom stereocenters. The summed E-state index contributed by atoms with van der Waals surface area (Å²) >= 11 is 0. The highest BCUT2D eigenvalue weighted by atomic mass is 16.0. The molecule has 0 fully saturated rings. The fraction of sp³-hybridized carbons (Fsp3) is 0.471. The molecule has 3 aliphatic heterocycles. The maximum absolute atomic E-state index is 4.59.